The van der Waals surface area contributed by atoms with E-state index in [1.807, 2.05) is 31.2 Å². The average Bonchev–Trinajstić information content (AvgIpc) is 3.09. The molecule has 162 valence electrons. The fraction of sp³-hybridized carbons (Fsp3) is 0.500. The number of hydrogen-bond donors (Lipinski definition) is 3. The number of hydrogen-bond acceptors (Lipinski definition) is 6. The zero-order valence-corrected chi connectivity index (χ0v) is 18.0. The molecule has 30 heavy (non-hydrogen) atoms. The van der Waals surface area contributed by atoms with Gasteiger partial charge in [0.05, 0.1) is 17.1 Å². The Balaban J connectivity index is 1.85. The number of nitrogens with zero attached hydrogens (tertiary/aromatic N) is 3. The van der Waals surface area contributed by atoms with E-state index in [-0.39, 0.29) is 5.91 Å². The Morgan fingerprint density at radius 2 is 2.00 bits per heavy atom. The molecule has 5 N–H and O–H groups in total. The summed E-state index contributed by atoms with van der Waals surface area (Å²) in [6.07, 6.45) is 1.61. The molecule has 8 nitrogen and oxygen atoms in total. The molecule has 0 fully saturated rings. The lowest BCUT2D eigenvalue weighted by atomic mass is 10.0. The molecule has 0 bridgehead atoms. The molecule has 0 unspecified atom stereocenters. The van der Waals surface area contributed by atoms with Gasteiger partial charge < -0.3 is 26.1 Å². The monoisotopic (exact) mass is 412 g/mol. The number of ether oxygens (including phenoxy) is 1. The van der Waals surface area contributed by atoms with Crippen LogP contribution >= 0.6 is 0 Å². The SMILES string of the molecule is CCOCc1nc2c(N)nc3ccccc3c2n1CCNC(=O)[C@@H](N)CCC(C)C. The first-order valence-corrected chi connectivity index (χ1v) is 10.6. The van der Waals surface area contributed by atoms with Crippen molar-refractivity contribution in [2.45, 2.75) is 52.8 Å². The number of aromatic nitrogens is 3. The summed E-state index contributed by atoms with van der Waals surface area (Å²) in [7, 11) is 0. The molecular weight excluding hydrogens is 380 g/mol. The third-order valence-electron chi connectivity index (χ3n) is 5.15. The molecule has 1 amide bonds. The summed E-state index contributed by atoms with van der Waals surface area (Å²) in [4.78, 5) is 21.5. The number of nitrogen functional groups attached to an aromatic ring is 1. The number of nitrogens with two attached hydrogens (primary N) is 2. The number of benzene rings is 1. The van der Waals surface area contributed by atoms with Crippen molar-refractivity contribution < 1.29 is 9.53 Å². The van der Waals surface area contributed by atoms with Gasteiger partial charge in [-0.25, -0.2) is 9.97 Å². The van der Waals surface area contributed by atoms with Crippen molar-refractivity contribution in [2.24, 2.45) is 11.7 Å². The van der Waals surface area contributed by atoms with Crippen LogP contribution in [-0.2, 0) is 22.7 Å². The predicted octanol–water partition coefficient (Wildman–Crippen LogP) is 2.58. The zero-order chi connectivity index (χ0) is 21.7. The minimum absolute atomic E-state index is 0.127. The molecule has 0 radical (unpaired) electrons. The number of carbonyl (C=O) groups excluding carboxylic acids is 1. The largest absolute Gasteiger partial charge is 0.382 e. The standard InChI is InChI=1S/C22H32N6O2/c1-4-30-13-18-27-19-20(15-7-5-6-8-17(15)26-21(19)24)28(18)12-11-25-22(29)16(23)10-9-14(2)3/h5-8,14,16H,4,9-13,23H2,1-3H3,(H2,24,26)(H,25,29)/t16-/m0/s1. The highest BCUT2D eigenvalue weighted by Gasteiger charge is 2.18. The molecule has 3 aromatic rings. The second kappa shape index (κ2) is 9.86. The van der Waals surface area contributed by atoms with Crippen LogP contribution in [0.15, 0.2) is 24.3 Å². The third-order valence-corrected chi connectivity index (χ3v) is 5.15. The van der Waals surface area contributed by atoms with E-state index in [9.17, 15) is 4.79 Å². The molecule has 2 heterocycles. The second-order valence-electron chi connectivity index (χ2n) is 7.90. The number of para-hydroxylation sites is 1. The van der Waals surface area contributed by atoms with Gasteiger partial charge in [-0.15, -0.1) is 0 Å². The third kappa shape index (κ3) is 4.88. The predicted molar refractivity (Wildman–Crippen MR) is 120 cm³/mol. The highest BCUT2D eigenvalue weighted by atomic mass is 16.5. The van der Waals surface area contributed by atoms with Crippen LogP contribution in [0.4, 0.5) is 5.82 Å². The molecule has 0 spiro atoms. The smallest absolute Gasteiger partial charge is 0.236 e. The maximum absolute atomic E-state index is 12.4. The van der Waals surface area contributed by atoms with Crippen LogP contribution in [0.3, 0.4) is 0 Å². The number of fused-ring (bicyclic) bond motifs is 3. The Hall–Kier alpha value is -2.71. The molecule has 8 heteroatoms. The van der Waals surface area contributed by atoms with Crippen LogP contribution in [-0.4, -0.2) is 39.6 Å². The van der Waals surface area contributed by atoms with Crippen LogP contribution in [0.25, 0.3) is 21.9 Å². The Kier molecular flexibility index (Phi) is 7.23. The molecule has 1 atom stereocenters. The van der Waals surface area contributed by atoms with Gasteiger partial charge >= 0.3 is 0 Å². The lowest BCUT2D eigenvalue weighted by Gasteiger charge is -2.15. The van der Waals surface area contributed by atoms with Gasteiger partial charge in [0.25, 0.3) is 0 Å². The number of anilines is 1. The summed E-state index contributed by atoms with van der Waals surface area (Å²) in [6, 6.07) is 7.35. The lowest BCUT2D eigenvalue weighted by Crippen LogP contribution is -2.41. The summed E-state index contributed by atoms with van der Waals surface area (Å²) < 4.78 is 7.67. The van der Waals surface area contributed by atoms with Gasteiger partial charge in [-0.1, -0.05) is 32.0 Å². The van der Waals surface area contributed by atoms with E-state index in [1.165, 1.54) is 0 Å². The highest BCUT2D eigenvalue weighted by molar-refractivity contribution is 6.06. The lowest BCUT2D eigenvalue weighted by molar-refractivity contribution is -0.122. The van der Waals surface area contributed by atoms with Gasteiger partial charge in [0.2, 0.25) is 5.91 Å². The van der Waals surface area contributed by atoms with Crippen LogP contribution in [0.1, 0.15) is 39.4 Å². The van der Waals surface area contributed by atoms with Gasteiger partial charge in [0.15, 0.2) is 5.82 Å². The highest BCUT2D eigenvalue weighted by Crippen LogP contribution is 2.28. The molecule has 1 aromatic carbocycles. The van der Waals surface area contributed by atoms with Crippen LogP contribution in [0.2, 0.25) is 0 Å². The number of carbonyl (C=O) groups is 1. The summed E-state index contributed by atoms with van der Waals surface area (Å²) in [5.74, 6) is 1.54. The number of amides is 1. The maximum atomic E-state index is 12.4. The van der Waals surface area contributed by atoms with Gasteiger partial charge in [0, 0.05) is 25.1 Å². The van der Waals surface area contributed by atoms with E-state index in [1.54, 1.807) is 0 Å². The molecule has 0 aliphatic heterocycles. The Morgan fingerprint density at radius 3 is 2.73 bits per heavy atom. The van der Waals surface area contributed by atoms with Gasteiger partial charge in [-0.2, -0.15) is 0 Å². The van der Waals surface area contributed by atoms with Crippen molar-refractivity contribution in [1.29, 1.82) is 0 Å². The van der Waals surface area contributed by atoms with Crippen LogP contribution < -0.4 is 16.8 Å². The molecule has 0 aliphatic rings. The van der Waals surface area contributed by atoms with Crippen molar-refractivity contribution in [3.8, 4) is 0 Å². The molecule has 0 aliphatic carbocycles. The fourth-order valence-corrected chi connectivity index (χ4v) is 3.52. The molecule has 0 saturated carbocycles. The first-order chi connectivity index (χ1) is 14.4. The van der Waals surface area contributed by atoms with E-state index < -0.39 is 6.04 Å². The molecule has 0 saturated heterocycles. The number of imidazole rings is 1. The van der Waals surface area contributed by atoms with Crippen molar-refractivity contribution >= 4 is 33.7 Å². The van der Waals surface area contributed by atoms with Crippen LogP contribution in [0.5, 0.6) is 0 Å². The van der Waals surface area contributed by atoms with Crippen LogP contribution in [0, 0.1) is 5.92 Å². The van der Waals surface area contributed by atoms with E-state index in [2.05, 4.69) is 28.7 Å². The first-order valence-electron chi connectivity index (χ1n) is 10.6. The Morgan fingerprint density at radius 1 is 1.23 bits per heavy atom. The topological polar surface area (TPSA) is 121 Å². The summed E-state index contributed by atoms with van der Waals surface area (Å²) in [5, 5.41) is 3.92. The van der Waals surface area contributed by atoms with Gasteiger partial charge in [-0.05, 0) is 31.7 Å². The zero-order valence-electron chi connectivity index (χ0n) is 18.0. The summed E-state index contributed by atoms with van der Waals surface area (Å²) in [5.41, 5.74) is 14.6. The normalized spacial score (nSPS) is 12.7. The fourth-order valence-electron chi connectivity index (χ4n) is 3.52. The van der Waals surface area contributed by atoms with Gasteiger partial charge in [-0.3, -0.25) is 4.79 Å². The number of nitrogens with one attached hydrogen (secondary N) is 1. The number of pyridine rings is 1. The molecule has 2 aromatic heterocycles. The molecule has 3 rings (SSSR count). The maximum Gasteiger partial charge on any atom is 0.236 e. The van der Waals surface area contributed by atoms with Crippen molar-refractivity contribution in [3.63, 3.8) is 0 Å². The van der Waals surface area contributed by atoms with E-state index >= 15 is 0 Å². The quantitative estimate of drug-likeness (QED) is 0.471. The summed E-state index contributed by atoms with van der Waals surface area (Å²) in [6.45, 7) is 8.11. The van der Waals surface area contributed by atoms with Crippen molar-refractivity contribution in [3.05, 3.63) is 30.1 Å². The minimum Gasteiger partial charge on any atom is -0.382 e. The number of rotatable bonds is 10. The van der Waals surface area contributed by atoms with Crippen molar-refractivity contribution in [1.82, 2.24) is 19.9 Å². The summed E-state index contributed by atoms with van der Waals surface area (Å²) >= 11 is 0. The van der Waals surface area contributed by atoms with E-state index in [4.69, 9.17) is 21.2 Å². The minimum atomic E-state index is -0.490. The Bertz CT molecular complexity index is 1010. The van der Waals surface area contributed by atoms with E-state index in [0.717, 1.165) is 28.7 Å². The molecular formula is C22H32N6O2. The van der Waals surface area contributed by atoms with Crippen molar-refractivity contribution in [2.75, 3.05) is 18.9 Å². The average molecular weight is 413 g/mol. The van der Waals surface area contributed by atoms with E-state index in [0.29, 0.717) is 50.0 Å². The Labute approximate surface area is 177 Å². The first kappa shape index (κ1) is 22.0. The second-order valence-corrected chi connectivity index (χ2v) is 7.90. The van der Waals surface area contributed by atoms with Gasteiger partial charge in [0.1, 0.15) is 17.9 Å².